The zero-order chi connectivity index (χ0) is 13.5. The average Bonchev–Trinajstić information content (AvgIpc) is 2.34. The van der Waals surface area contributed by atoms with Crippen molar-refractivity contribution in [1.82, 2.24) is 0 Å². The second kappa shape index (κ2) is 6.86. The number of primary amides is 1. The number of unbranched alkanes of at least 4 members (excludes halogenated alkanes) is 2. The highest BCUT2D eigenvalue weighted by Gasteiger charge is 2.08. The second-order valence-electron chi connectivity index (χ2n) is 4.34. The van der Waals surface area contributed by atoms with Crippen molar-refractivity contribution in [1.29, 1.82) is 0 Å². The van der Waals surface area contributed by atoms with Gasteiger partial charge in [-0.3, -0.25) is 4.79 Å². The minimum Gasteiger partial charge on any atom is -0.397 e. The molecular formula is C13H21N3O2. The van der Waals surface area contributed by atoms with Crippen molar-refractivity contribution in [3.05, 3.63) is 23.8 Å². The molecule has 0 aliphatic rings. The van der Waals surface area contributed by atoms with Gasteiger partial charge in [-0.15, -0.1) is 0 Å². The molecule has 1 aromatic rings. The lowest BCUT2D eigenvalue weighted by molar-refractivity contribution is 0.100. The Morgan fingerprint density at radius 1 is 1.33 bits per heavy atom. The van der Waals surface area contributed by atoms with Gasteiger partial charge in [-0.25, -0.2) is 0 Å². The third-order valence-electron chi connectivity index (χ3n) is 2.87. The van der Waals surface area contributed by atoms with E-state index in [1.807, 2.05) is 18.0 Å². The average molecular weight is 251 g/mol. The number of rotatable bonds is 7. The molecule has 0 radical (unpaired) electrons. The molecule has 0 aliphatic carbocycles. The number of nitrogens with two attached hydrogens (primary N) is 2. The molecule has 1 aromatic carbocycles. The van der Waals surface area contributed by atoms with Gasteiger partial charge in [0.05, 0.1) is 11.4 Å². The number of carbonyl (C=O) groups excluding carboxylic acids is 1. The van der Waals surface area contributed by atoms with Crippen molar-refractivity contribution in [3.63, 3.8) is 0 Å². The van der Waals surface area contributed by atoms with E-state index >= 15 is 0 Å². The van der Waals surface area contributed by atoms with Crippen LogP contribution in [0.25, 0.3) is 0 Å². The predicted octanol–water partition coefficient (Wildman–Crippen LogP) is 0.966. The molecule has 5 nitrogen and oxygen atoms in total. The molecule has 5 heteroatoms. The minimum atomic E-state index is -0.473. The van der Waals surface area contributed by atoms with Crippen LogP contribution in [0.1, 0.15) is 29.6 Å². The first-order valence-corrected chi connectivity index (χ1v) is 6.07. The zero-order valence-corrected chi connectivity index (χ0v) is 10.7. The summed E-state index contributed by atoms with van der Waals surface area (Å²) in [5.41, 5.74) is 13.0. The van der Waals surface area contributed by atoms with Gasteiger partial charge in [0.25, 0.3) is 0 Å². The minimum absolute atomic E-state index is 0.235. The molecule has 0 heterocycles. The fourth-order valence-electron chi connectivity index (χ4n) is 1.81. The maximum Gasteiger partial charge on any atom is 0.248 e. The van der Waals surface area contributed by atoms with E-state index in [9.17, 15) is 4.79 Å². The van der Waals surface area contributed by atoms with Gasteiger partial charge in [-0.2, -0.15) is 0 Å². The predicted molar refractivity (Wildman–Crippen MR) is 73.6 cm³/mol. The summed E-state index contributed by atoms with van der Waals surface area (Å²) >= 11 is 0. The standard InChI is InChI=1S/C13H21N3O2/c1-16(7-3-2-4-8-17)12-6-5-10(13(15)18)9-11(12)14/h5-6,9,17H,2-4,7-8,14H2,1H3,(H2,15,18). The van der Waals surface area contributed by atoms with Crippen molar-refractivity contribution in [2.24, 2.45) is 5.73 Å². The Bertz CT molecular complexity index is 407. The summed E-state index contributed by atoms with van der Waals surface area (Å²) in [7, 11) is 1.95. The van der Waals surface area contributed by atoms with Gasteiger partial charge in [0, 0.05) is 25.8 Å². The van der Waals surface area contributed by atoms with Crippen molar-refractivity contribution in [3.8, 4) is 0 Å². The number of benzene rings is 1. The maximum absolute atomic E-state index is 11.0. The normalized spacial score (nSPS) is 10.3. The molecule has 0 saturated carbocycles. The lowest BCUT2D eigenvalue weighted by atomic mass is 10.1. The van der Waals surface area contributed by atoms with E-state index in [1.54, 1.807) is 12.1 Å². The van der Waals surface area contributed by atoms with Gasteiger partial charge in [-0.1, -0.05) is 0 Å². The van der Waals surface area contributed by atoms with Crippen LogP contribution in [0.4, 0.5) is 11.4 Å². The molecule has 5 N–H and O–H groups in total. The van der Waals surface area contributed by atoms with E-state index in [2.05, 4.69) is 0 Å². The molecular weight excluding hydrogens is 230 g/mol. The number of hydrogen-bond acceptors (Lipinski definition) is 4. The summed E-state index contributed by atoms with van der Waals surface area (Å²) < 4.78 is 0. The number of nitrogen functional groups attached to an aromatic ring is 1. The molecule has 0 aromatic heterocycles. The largest absolute Gasteiger partial charge is 0.397 e. The SMILES string of the molecule is CN(CCCCCO)c1ccc(C(N)=O)cc1N. The highest BCUT2D eigenvalue weighted by molar-refractivity contribution is 5.94. The van der Waals surface area contributed by atoms with Crippen LogP contribution in [0.15, 0.2) is 18.2 Å². The van der Waals surface area contributed by atoms with Crippen molar-refractivity contribution < 1.29 is 9.90 Å². The first-order chi connectivity index (χ1) is 8.56. The van der Waals surface area contributed by atoms with Gasteiger partial charge >= 0.3 is 0 Å². The Balaban J connectivity index is 2.62. The molecule has 1 rings (SSSR count). The quantitative estimate of drug-likeness (QED) is 0.497. The van der Waals surface area contributed by atoms with Crippen LogP contribution >= 0.6 is 0 Å². The Labute approximate surface area is 107 Å². The molecule has 1 amide bonds. The monoisotopic (exact) mass is 251 g/mol. The second-order valence-corrected chi connectivity index (χ2v) is 4.34. The summed E-state index contributed by atoms with van der Waals surface area (Å²) in [5.74, 6) is -0.473. The molecule has 18 heavy (non-hydrogen) atoms. The van der Waals surface area contributed by atoms with E-state index in [0.29, 0.717) is 11.3 Å². The number of hydrogen-bond donors (Lipinski definition) is 3. The number of amides is 1. The molecule has 0 aliphatic heterocycles. The fraction of sp³-hybridized carbons (Fsp3) is 0.462. The molecule has 0 unspecified atom stereocenters. The molecule has 0 fully saturated rings. The molecule has 0 bridgehead atoms. The Morgan fingerprint density at radius 2 is 2.06 bits per heavy atom. The van der Waals surface area contributed by atoms with Crippen LogP contribution in [0.3, 0.4) is 0 Å². The van der Waals surface area contributed by atoms with Crippen LogP contribution in [-0.4, -0.2) is 31.2 Å². The van der Waals surface area contributed by atoms with E-state index < -0.39 is 5.91 Å². The lowest BCUT2D eigenvalue weighted by Gasteiger charge is -2.21. The van der Waals surface area contributed by atoms with E-state index in [4.69, 9.17) is 16.6 Å². The summed E-state index contributed by atoms with van der Waals surface area (Å²) in [6.07, 6.45) is 2.80. The third kappa shape index (κ3) is 3.92. The number of anilines is 2. The molecule has 100 valence electrons. The number of aliphatic hydroxyl groups is 1. The highest BCUT2D eigenvalue weighted by atomic mass is 16.2. The Hall–Kier alpha value is -1.75. The molecule has 0 saturated heterocycles. The van der Waals surface area contributed by atoms with Gasteiger partial charge in [0.2, 0.25) is 5.91 Å². The zero-order valence-electron chi connectivity index (χ0n) is 10.7. The first kappa shape index (κ1) is 14.3. The van der Waals surface area contributed by atoms with E-state index in [1.165, 1.54) is 0 Å². The van der Waals surface area contributed by atoms with E-state index in [-0.39, 0.29) is 6.61 Å². The first-order valence-electron chi connectivity index (χ1n) is 6.07. The lowest BCUT2D eigenvalue weighted by Crippen LogP contribution is -2.20. The van der Waals surface area contributed by atoms with Gasteiger partial charge in [0.1, 0.15) is 0 Å². The van der Waals surface area contributed by atoms with Crippen molar-refractivity contribution in [2.75, 3.05) is 30.8 Å². The molecule has 0 atom stereocenters. The maximum atomic E-state index is 11.0. The fourth-order valence-corrected chi connectivity index (χ4v) is 1.81. The smallest absolute Gasteiger partial charge is 0.248 e. The van der Waals surface area contributed by atoms with Crippen LogP contribution in [-0.2, 0) is 0 Å². The molecule has 0 spiro atoms. The Morgan fingerprint density at radius 3 is 2.61 bits per heavy atom. The van der Waals surface area contributed by atoms with Gasteiger partial charge in [-0.05, 0) is 37.5 Å². The summed E-state index contributed by atoms with van der Waals surface area (Å²) in [5, 5.41) is 8.70. The van der Waals surface area contributed by atoms with Crippen molar-refractivity contribution >= 4 is 17.3 Å². The van der Waals surface area contributed by atoms with Crippen LogP contribution < -0.4 is 16.4 Å². The van der Waals surface area contributed by atoms with Crippen LogP contribution in [0, 0.1) is 0 Å². The number of carbonyl (C=O) groups is 1. The van der Waals surface area contributed by atoms with Gasteiger partial charge < -0.3 is 21.5 Å². The van der Waals surface area contributed by atoms with Gasteiger partial charge in [0.15, 0.2) is 0 Å². The third-order valence-corrected chi connectivity index (χ3v) is 2.87. The highest BCUT2D eigenvalue weighted by Crippen LogP contribution is 2.23. The van der Waals surface area contributed by atoms with Crippen LogP contribution in [0.5, 0.6) is 0 Å². The van der Waals surface area contributed by atoms with E-state index in [0.717, 1.165) is 31.5 Å². The summed E-state index contributed by atoms with van der Waals surface area (Å²) in [6, 6.07) is 5.08. The Kier molecular flexibility index (Phi) is 5.45. The number of aliphatic hydroxyl groups excluding tert-OH is 1. The number of nitrogens with zero attached hydrogens (tertiary/aromatic N) is 1. The van der Waals surface area contributed by atoms with Crippen molar-refractivity contribution in [2.45, 2.75) is 19.3 Å². The van der Waals surface area contributed by atoms with Crippen LogP contribution in [0.2, 0.25) is 0 Å². The summed E-state index contributed by atoms with van der Waals surface area (Å²) in [4.78, 5) is 13.0. The summed E-state index contributed by atoms with van der Waals surface area (Å²) in [6.45, 7) is 1.10. The topological polar surface area (TPSA) is 92.6 Å².